The third-order valence-corrected chi connectivity index (χ3v) is 6.69. The summed E-state index contributed by atoms with van der Waals surface area (Å²) < 4.78 is 37.6. The summed E-state index contributed by atoms with van der Waals surface area (Å²) in [7, 11) is 2.11. The normalized spacial score (nSPS) is 14.1. The molecule has 1 fully saturated rings. The molecule has 37 heavy (non-hydrogen) atoms. The molecule has 0 atom stereocenters. The second-order valence-corrected chi connectivity index (χ2v) is 9.04. The molecule has 1 N–H and O–H groups in total. The summed E-state index contributed by atoms with van der Waals surface area (Å²) in [4.78, 5) is 12.8. The third kappa shape index (κ3) is 4.66. The zero-order chi connectivity index (χ0) is 26.1. The Morgan fingerprint density at radius 3 is 2.49 bits per heavy atom. The summed E-state index contributed by atoms with van der Waals surface area (Å²) in [5.74, 6) is -1.65. The van der Waals surface area contributed by atoms with Gasteiger partial charge in [-0.3, -0.25) is 0 Å². The van der Waals surface area contributed by atoms with Gasteiger partial charge in [0.2, 0.25) is 5.88 Å². The Morgan fingerprint density at radius 2 is 1.81 bits per heavy atom. The summed E-state index contributed by atoms with van der Waals surface area (Å²) >= 11 is 0. The van der Waals surface area contributed by atoms with Gasteiger partial charge >= 0.3 is 0 Å². The van der Waals surface area contributed by atoms with Crippen LogP contribution in [-0.2, 0) is 6.54 Å². The molecule has 0 radical (unpaired) electrons. The fourth-order valence-corrected chi connectivity index (χ4v) is 4.67. The molecule has 0 amide bonds. The Hall–Kier alpha value is -4.23. The summed E-state index contributed by atoms with van der Waals surface area (Å²) in [6.45, 7) is 8.09. The van der Waals surface area contributed by atoms with Crippen molar-refractivity contribution in [2.75, 3.05) is 43.4 Å². The van der Waals surface area contributed by atoms with Crippen molar-refractivity contribution >= 4 is 28.1 Å². The average Bonchev–Trinajstić information content (AvgIpc) is 3.25. The zero-order valence-electron chi connectivity index (χ0n) is 20.9. The van der Waals surface area contributed by atoms with E-state index in [0.29, 0.717) is 12.2 Å². The van der Waals surface area contributed by atoms with Crippen LogP contribution < -0.4 is 15.0 Å². The van der Waals surface area contributed by atoms with Gasteiger partial charge in [0.1, 0.15) is 12.4 Å². The number of piperazine rings is 1. The SMILES string of the molecule is CCn1c(C)cc2c(F)c(Oc3ncnc(Nc4ccc(N5CCN(C)CC5)cc4)c3C#N)cc(F)c21. The molecular formula is C27H27F2N7O. The highest BCUT2D eigenvalue weighted by atomic mass is 19.1. The van der Waals surface area contributed by atoms with Gasteiger partial charge in [-0.15, -0.1) is 0 Å². The largest absolute Gasteiger partial charge is 0.434 e. The Kier molecular flexibility index (Phi) is 6.63. The molecule has 2 aromatic heterocycles. The van der Waals surface area contributed by atoms with E-state index < -0.39 is 11.6 Å². The topological polar surface area (TPSA) is 82.2 Å². The number of nitrogens with one attached hydrogen (secondary N) is 1. The van der Waals surface area contributed by atoms with Gasteiger partial charge in [0.05, 0.1) is 5.52 Å². The van der Waals surface area contributed by atoms with E-state index in [1.807, 2.05) is 37.3 Å². The summed E-state index contributed by atoms with van der Waals surface area (Å²) in [5.41, 5.74) is 2.72. The molecule has 1 saturated heterocycles. The average molecular weight is 504 g/mol. The fraction of sp³-hybridized carbons (Fsp3) is 0.296. The van der Waals surface area contributed by atoms with Crippen LogP contribution in [-0.4, -0.2) is 52.7 Å². The lowest BCUT2D eigenvalue weighted by atomic mass is 10.2. The molecule has 8 nitrogen and oxygen atoms in total. The minimum atomic E-state index is -0.719. The monoisotopic (exact) mass is 503 g/mol. The van der Waals surface area contributed by atoms with Crippen molar-refractivity contribution in [1.29, 1.82) is 5.26 Å². The van der Waals surface area contributed by atoms with E-state index in [2.05, 4.69) is 32.1 Å². The highest BCUT2D eigenvalue weighted by Crippen LogP contribution is 2.35. The van der Waals surface area contributed by atoms with Gasteiger partial charge in [-0.1, -0.05) is 0 Å². The predicted octanol–water partition coefficient (Wildman–Crippen LogP) is 5.20. The summed E-state index contributed by atoms with van der Waals surface area (Å²) in [6.07, 6.45) is 1.21. The Bertz CT molecular complexity index is 1490. The highest BCUT2D eigenvalue weighted by Gasteiger charge is 2.22. The van der Waals surface area contributed by atoms with Crippen molar-refractivity contribution in [3.63, 3.8) is 0 Å². The minimum absolute atomic E-state index is 0.0205. The predicted molar refractivity (Wildman–Crippen MR) is 139 cm³/mol. The first kappa shape index (κ1) is 24.5. The fourth-order valence-electron chi connectivity index (χ4n) is 4.67. The van der Waals surface area contributed by atoms with E-state index in [1.54, 1.807) is 17.6 Å². The first-order chi connectivity index (χ1) is 17.9. The standard InChI is InChI=1S/C27H27F2N7O/c1-4-36-17(2)13-20-24(29)23(14-22(28)25(20)36)37-27-21(15-30)26(31-16-32-27)33-18-5-7-19(8-6-18)35-11-9-34(3)10-12-35/h5-8,13-14,16H,4,9-12H2,1-3H3,(H,31,32,33). The molecule has 0 aliphatic carbocycles. The van der Waals surface area contributed by atoms with Crippen molar-refractivity contribution in [2.24, 2.45) is 0 Å². The third-order valence-electron chi connectivity index (χ3n) is 6.69. The molecule has 4 aromatic rings. The molecule has 0 unspecified atom stereocenters. The number of aromatic nitrogens is 3. The molecule has 3 heterocycles. The number of anilines is 3. The summed E-state index contributed by atoms with van der Waals surface area (Å²) in [6, 6.07) is 12.4. The first-order valence-electron chi connectivity index (χ1n) is 12.1. The first-order valence-corrected chi connectivity index (χ1v) is 12.1. The Balaban J connectivity index is 1.40. The van der Waals surface area contributed by atoms with Crippen molar-refractivity contribution in [3.05, 3.63) is 65.6 Å². The molecule has 10 heteroatoms. The number of nitrogens with zero attached hydrogens (tertiary/aromatic N) is 6. The maximum Gasteiger partial charge on any atom is 0.242 e. The van der Waals surface area contributed by atoms with Gasteiger partial charge < -0.3 is 24.4 Å². The van der Waals surface area contributed by atoms with E-state index in [0.717, 1.165) is 43.6 Å². The summed E-state index contributed by atoms with van der Waals surface area (Å²) in [5, 5.41) is 13.0. The maximum absolute atomic E-state index is 15.3. The number of benzene rings is 2. The van der Waals surface area contributed by atoms with Crippen LogP contribution in [0.3, 0.4) is 0 Å². The lowest BCUT2D eigenvalue weighted by molar-refractivity contribution is 0.313. The molecule has 0 saturated carbocycles. The minimum Gasteiger partial charge on any atom is -0.434 e. The molecule has 0 spiro atoms. The number of hydrogen-bond donors (Lipinski definition) is 1. The van der Waals surface area contributed by atoms with Crippen LogP contribution in [0, 0.1) is 29.9 Å². The number of likely N-dealkylation sites (N-methyl/N-ethyl adjacent to an activating group) is 1. The number of halogens is 2. The number of rotatable bonds is 6. The van der Waals surface area contributed by atoms with E-state index in [-0.39, 0.29) is 33.9 Å². The van der Waals surface area contributed by atoms with Gasteiger partial charge in [0.25, 0.3) is 0 Å². The Labute approximate surface area is 213 Å². The van der Waals surface area contributed by atoms with Crippen molar-refractivity contribution in [1.82, 2.24) is 19.4 Å². The molecular weight excluding hydrogens is 476 g/mol. The van der Waals surface area contributed by atoms with Crippen molar-refractivity contribution in [3.8, 4) is 17.7 Å². The van der Waals surface area contributed by atoms with Crippen molar-refractivity contribution < 1.29 is 13.5 Å². The number of fused-ring (bicyclic) bond motifs is 1. The number of nitriles is 1. The number of aryl methyl sites for hydroxylation is 2. The lowest BCUT2D eigenvalue weighted by Crippen LogP contribution is -2.44. The molecule has 0 bridgehead atoms. The molecule has 1 aliphatic heterocycles. The van der Waals surface area contributed by atoms with Crippen LogP contribution in [0.15, 0.2) is 42.7 Å². The quantitative estimate of drug-likeness (QED) is 0.387. The van der Waals surface area contributed by atoms with Crippen LogP contribution in [0.1, 0.15) is 18.2 Å². The van der Waals surface area contributed by atoms with Gasteiger partial charge in [-0.05, 0) is 51.2 Å². The van der Waals surface area contributed by atoms with Crippen LogP contribution in [0.4, 0.5) is 26.0 Å². The van der Waals surface area contributed by atoms with Crippen molar-refractivity contribution in [2.45, 2.75) is 20.4 Å². The molecule has 5 rings (SSSR count). The van der Waals surface area contributed by atoms with Gasteiger partial charge in [0, 0.05) is 61.2 Å². The number of ether oxygens (including phenoxy) is 1. The van der Waals surface area contributed by atoms with Gasteiger partial charge in [-0.2, -0.15) is 5.26 Å². The van der Waals surface area contributed by atoms with Crippen LogP contribution in [0.25, 0.3) is 10.9 Å². The van der Waals surface area contributed by atoms with Gasteiger partial charge in [-0.25, -0.2) is 18.7 Å². The highest BCUT2D eigenvalue weighted by molar-refractivity contribution is 5.84. The van der Waals surface area contributed by atoms with Gasteiger partial charge in [0.15, 0.2) is 28.8 Å². The maximum atomic E-state index is 15.3. The van der Waals surface area contributed by atoms with E-state index >= 15 is 4.39 Å². The molecule has 190 valence electrons. The zero-order valence-corrected chi connectivity index (χ0v) is 20.9. The van der Waals surface area contributed by atoms with Crippen LogP contribution >= 0.6 is 0 Å². The lowest BCUT2D eigenvalue weighted by Gasteiger charge is -2.34. The Morgan fingerprint density at radius 1 is 1.08 bits per heavy atom. The van der Waals surface area contributed by atoms with E-state index in [1.165, 1.54) is 6.33 Å². The second-order valence-electron chi connectivity index (χ2n) is 9.04. The smallest absolute Gasteiger partial charge is 0.242 e. The van der Waals surface area contributed by atoms with Crippen LogP contribution in [0.5, 0.6) is 11.6 Å². The van der Waals surface area contributed by atoms with E-state index in [4.69, 9.17) is 4.74 Å². The molecule has 2 aromatic carbocycles. The number of hydrogen-bond acceptors (Lipinski definition) is 7. The molecule has 1 aliphatic rings. The van der Waals surface area contributed by atoms with Crippen LogP contribution in [0.2, 0.25) is 0 Å². The van der Waals surface area contributed by atoms with E-state index in [9.17, 15) is 9.65 Å². The second kappa shape index (κ2) is 10.0.